The van der Waals surface area contributed by atoms with Crippen molar-refractivity contribution >= 4 is 5.91 Å². The van der Waals surface area contributed by atoms with E-state index >= 15 is 0 Å². The maximum atomic E-state index is 13.1. The summed E-state index contributed by atoms with van der Waals surface area (Å²) < 4.78 is 18.5. The number of rotatable bonds is 4. The van der Waals surface area contributed by atoms with Gasteiger partial charge in [-0.1, -0.05) is 36.6 Å². The highest BCUT2D eigenvalue weighted by molar-refractivity contribution is 6.00. The quantitative estimate of drug-likeness (QED) is 0.733. The summed E-state index contributed by atoms with van der Waals surface area (Å²) in [7, 11) is 0. The average Bonchev–Trinajstić information content (AvgIpc) is 3.19. The summed E-state index contributed by atoms with van der Waals surface area (Å²) in [4.78, 5) is 17.2. The minimum absolute atomic E-state index is 0.126. The van der Waals surface area contributed by atoms with Crippen molar-refractivity contribution in [3.8, 4) is 22.8 Å². The maximum Gasteiger partial charge on any atom is 0.259 e. The highest BCUT2D eigenvalue weighted by Crippen LogP contribution is 2.26. The van der Waals surface area contributed by atoms with Crippen LogP contribution in [0.25, 0.3) is 22.8 Å². The highest BCUT2D eigenvalue weighted by Gasteiger charge is 2.21. The van der Waals surface area contributed by atoms with Gasteiger partial charge in [0.05, 0.1) is 11.1 Å². The first-order valence-corrected chi connectivity index (χ1v) is 9.20. The fourth-order valence-corrected chi connectivity index (χ4v) is 3.43. The molecule has 0 atom stereocenters. The molecule has 0 aliphatic heterocycles. The number of hydrogen-bond donors (Lipinski definition) is 1. The number of carbonyl (C=O) groups is 1. The molecular formula is C21H20FN3O2. The predicted molar refractivity (Wildman–Crippen MR) is 99.5 cm³/mol. The first-order chi connectivity index (χ1) is 13.2. The Balaban J connectivity index is 1.59. The molecule has 4 rings (SSSR count). The van der Waals surface area contributed by atoms with Gasteiger partial charge in [0, 0.05) is 11.6 Å². The van der Waals surface area contributed by atoms with Crippen molar-refractivity contribution in [2.75, 3.05) is 0 Å². The fraction of sp³-hybridized carbons (Fsp3) is 0.286. The number of benzene rings is 2. The Bertz CT molecular complexity index is 931. The zero-order chi connectivity index (χ0) is 18.6. The Hall–Kier alpha value is -3.02. The van der Waals surface area contributed by atoms with E-state index in [-0.39, 0.29) is 23.7 Å². The molecule has 1 aliphatic carbocycles. The Morgan fingerprint density at radius 2 is 1.78 bits per heavy atom. The first kappa shape index (κ1) is 17.4. The molecule has 1 N–H and O–H groups in total. The van der Waals surface area contributed by atoms with E-state index in [2.05, 4.69) is 15.5 Å². The van der Waals surface area contributed by atoms with Gasteiger partial charge in [-0.25, -0.2) is 4.39 Å². The second kappa shape index (κ2) is 7.70. The third-order valence-electron chi connectivity index (χ3n) is 4.87. The average molecular weight is 365 g/mol. The van der Waals surface area contributed by atoms with Crippen LogP contribution in [0.5, 0.6) is 0 Å². The monoisotopic (exact) mass is 365 g/mol. The van der Waals surface area contributed by atoms with Crippen molar-refractivity contribution in [2.45, 2.75) is 38.1 Å². The lowest BCUT2D eigenvalue weighted by molar-refractivity contribution is 0.0928. The van der Waals surface area contributed by atoms with Crippen LogP contribution in [0.3, 0.4) is 0 Å². The lowest BCUT2D eigenvalue weighted by Gasteiger charge is -2.23. The van der Waals surface area contributed by atoms with Gasteiger partial charge in [0.25, 0.3) is 11.8 Å². The van der Waals surface area contributed by atoms with Gasteiger partial charge >= 0.3 is 0 Å². The second-order valence-electron chi connectivity index (χ2n) is 6.78. The van der Waals surface area contributed by atoms with Crippen molar-refractivity contribution in [1.29, 1.82) is 0 Å². The molecule has 27 heavy (non-hydrogen) atoms. The molecule has 1 aromatic heterocycles. The van der Waals surface area contributed by atoms with Crippen LogP contribution in [0, 0.1) is 5.82 Å². The van der Waals surface area contributed by atoms with Crippen molar-refractivity contribution in [2.24, 2.45) is 0 Å². The zero-order valence-corrected chi connectivity index (χ0v) is 14.8. The van der Waals surface area contributed by atoms with Gasteiger partial charge in [0.15, 0.2) is 0 Å². The topological polar surface area (TPSA) is 68.0 Å². The molecule has 1 amide bonds. The van der Waals surface area contributed by atoms with Gasteiger partial charge in [-0.2, -0.15) is 4.98 Å². The van der Waals surface area contributed by atoms with E-state index < -0.39 is 0 Å². The van der Waals surface area contributed by atoms with Crippen molar-refractivity contribution in [3.05, 3.63) is 59.9 Å². The zero-order valence-electron chi connectivity index (χ0n) is 14.8. The fourth-order valence-electron chi connectivity index (χ4n) is 3.43. The first-order valence-electron chi connectivity index (χ1n) is 9.20. The third kappa shape index (κ3) is 3.89. The van der Waals surface area contributed by atoms with Crippen molar-refractivity contribution < 1.29 is 13.7 Å². The molecule has 0 spiro atoms. The van der Waals surface area contributed by atoms with Crippen LogP contribution in [-0.4, -0.2) is 22.1 Å². The van der Waals surface area contributed by atoms with Gasteiger partial charge in [0.1, 0.15) is 5.82 Å². The summed E-state index contributed by atoms with van der Waals surface area (Å²) >= 11 is 0. The number of aromatic nitrogens is 2. The molecule has 0 saturated heterocycles. The SMILES string of the molecule is O=C(NC1CCCCC1)c1ccccc1-c1nc(-c2ccc(F)cc2)no1. The van der Waals surface area contributed by atoms with Crippen molar-refractivity contribution in [1.82, 2.24) is 15.5 Å². The number of amides is 1. The molecule has 0 unspecified atom stereocenters. The number of halogens is 1. The summed E-state index contributed by atoms with van der Waals surface area (Å²) in [6, 6.07) is 13.3. The van der Waals surface area contributed by atoms with E-state index in [9.17, 15) is 9.18 Å². The third-order valence-corrected chi connectivity index (χ3v) is 4.87. The number of nitrogens with zero attached hydrogens (tertiary/aromatic N) is 2. The minimum atomic E-state index is -0.327. The molecular weight excluding hydrogens is 345 g/mol. The Morgan fingerprint density at radius 1 is 1.04 bits per heavy atom. The maximum absolute atomic E-state index is 13.1. The van der Waals surface area contributed by atoms with E-state index in [1.54, 1.807) is 24.3 Å². The normalized spacial score (nSPS) is 14.9. The second-order valence-corrected chi connectivity index (χ2v) is 6.78. The minimum Gasteiger partial charge on any atom is -0.349 e. The molecule has 5 nitrogen and oxygen atoms in total. The van der Waals surface area contributed by atoms with E-state index in [1.165, 1.54) is 18.6 Å². The van der Waals surface area contributed by atoms with Crippen LogP contribution in [-0.2, 0) is 0 Å². The Labute approximate surface area is 156 Å². The van der Waals surface area contributed by atoms with E-state index in [0.29, 0.717) is 22.5 Å². The summed E-state index contributed by atoms with van der Waals surface area (Å²) in [5, 5.41) is 7.09. The predicted octanol–water partition coefficient (Wildman–Crippen LogP) is 4.61. The standard InChI is InChI=1S/C21H20FN3O2/c22-15-12-10-14(11-13-15)19-24-21(27-25-19)18-9-5-4-8-17(18)20(26)23-16-6-2-1-3-7-16/h4-5,8-13,16H,1-3,6-7H2,(H,23,26). The summed E-state index contributed by atoms with van der Waals surface area (Å²) in [5.74, 6) is 0.169. The summed E-state index contributed by atoms with van der Waals surface area (Å²) in [5.41, 5.74) is 1.75. The molecule has 1 fully saturated rings. The molecule has 6 heteroatoms. The molecule has 0 bridgehead atoms. The summed E-state index contributed by atoms with van der Waals surface area (Å²) in [6.45, 7) is 0. The molecule has 1 heterocycles. The van der Waals surface area contributed by atoms with E-state index in [1.807, 2.05) is 12.1 Å². The van der Waals surface area contributed by atoms with Crippen LogP contribution >= 0.6 is 0 Å². The number of carbonyl (C=O) groups excluding carboxylic acids is 1. The van der Waals surface area contributed by atoms with Crippen LogP contribution < -0.4 is 5.32 Å². The smallest absolute Gasteiger partial charge is 0.259 e. The Kier molecular flexibility index (Phi) is 4.96. The molecule has 0 radical (unpaired) electrons. The van der Waals surface area contributed by atoms with Gasteiger partial charge in [-0.3, -0.25) is 4.79 Å². The summed E-state index contributed by atoms with van der Waals surface area (Å²) in [6.07, 6.45) is 5.57. The van der Waals surface area contributed by atoms with E-state index in [4.69, 9.17) is 4.52 Å². The van der Waals surface area contributed by atoms with E-state index in [0.717, 1.165) is 25.7 Å². The number of nitrogens with one attached hydrogen (secondary N) is 1. The van der Waals surface area contributed by atoms with Gasteiger partial charge < -0.3 is 9.84 Å². The van der Waals surface area contributed by atoms with Crippen LogP contribution in [0.4, 0.5) is 4.39 Å². The largest absolute Gasteiger partial charge is 0.349 e. The number of hydrogen-bond acceptors (Lipinski definition) is 4. The van der Waals surface area contributed by atoms with Crippen LogP contribution in [0.15, 0.2) is 53.1 Å². The Morgan fingerprint density at radius 3 is 2.56 bits per heavy atom. The van der Waals surface area contributed by atoms with Gasteiger partial charge in [-0.05, 0) is 49.2 Å². The van der Waals surface area contributed by atoms with Gasteiger partial charge in [0.2, 0.25) is 5.82 Å². The lowest BCUT2D eigenvalue weighted by atomic mass is 9.95. The molecule has 1 aliphatic rings. The molecule has 3 aromatic rings. The van der Waals surface area contributed by atoms with Crippen molar-refractivity contribution in [3.63, 3.8) is 0 Å². The molecule has 2 aromatic carbocycles. The molecule has 138 valence electrons. The van der Waals surface area contributed by atoms with Gasteiger partial charge in [-0.15, -0.1) is 0 Å². The lowest BCUT2D eigenvalue weighted by Crippen LogP contribution is -2.36. The van der Waals surface area contributed by atoms with Crippen LogP contribution in [0.1, 0.15) is 42.5 Å². The molecule has 1 saturated carbocycles. The van der Waals surface area contributed by atoms with Crippen LogP contribution in [0.2, 0.25) is 0 Å². The highest BCUT2D eigenvalue weighted by atomic mass is 19.1.